The Kier molecular flexibility index (Phi) is 8.10. The molecule has 2 unspecified atom stereocenters. The van der Waals surface area contributed by atoms with E-state index in [4.69, 9.17) is 8.85 Å². The largest absolute Gasteiger partial charge is 0.394 e. The van der Waals surface area contributed by atoms with Gasteiger partial charge in [-0.25, -0.2) is 0 Å². The first kappa shape index (κ1) is 19.5. The van der Waals surface area contributed by atoms with Crippen molar-refractivity contribution >= 4 is 8.56 Å². The molecule has 3 heteroatoms. The van der Waals surface area contributed by atoms with E-state index in [0.717, 1.165) is 25.0 Å². The standard InChI is InChI=1S/C20H40O2Si/c1-5-21-23(22-6-2,17(3)19-13-9-7-10-14-19)18(4)20-15-11-8-12-16-20/h17-20H,5-16H2,1-4H3. The molecule has 0 aromatic carbocycles. The van der Waals surface area contributed by atoms with Crippen molar-refractivity contribution < 1.29 is 8.85 Å². The Morgan fingerprint density at radius 1 is 0.696 bits per heavy atom. The molecule has 2 nitrogen and oxygen atoms in total. The normalized spacial score (nSPS) is 24.5. The summed E-state index contributed by atoms with van der Waals surface area (Å²) in [5.74, 6) is 1.67. The van der Waals surface area contributed by atoms with E-state index >= 15 is 0 Å². The molecule has 2 aliphatic carbocycles. The molecule has 23 heavy (non-hydrogen) atoms. The molecule has 0 aromatic heterocycles. The van der Waals surface area contributed by atoms with Gasteiger partial charge in [0.2, 0.25) is 0 Å². The van der Waals surface area contributed by atoms with E-state index in [-0.39, 0.29) is 0 Å². The summed E-state index contributed by atoms with van der Waals surface area (Å²) in [5, 5.41) is 0. The van der Waals surface area contributed by atoms with E-state index < -0.39 is 8.56 Å². The van der Waals surface area contributed by atoms with Crippen molar-refractivity contribution in [3.63, 3.8) is 0 Å². The first-order valence-electron chi connectivity index (χ1n) is 10.4. The molecule has 2 aliphatic rings. The predicted octanol–water partition coefficient (Wildman–Crippen LogP) is 6.44. The molecule has 0 aliphatic heterocycles. The van der Waals surface area contributed by atoms with Gasteiger partial charge in [-0.3, -0.25) is 0 Å². The first-order valence-corrected chi connectivity index (χ1v) is 12.4. The van der Waals surface area contributed by atoms with Gasteiger partial charge in [-0.1, -0.05) is 78.1 Å². The summed E-state index contributed by atoms with van der Waals surface area (Å²) in [4.78, 5) is 0. The monoisotopic (exact) mass is 340 g/mol. The molecule has 2 rings (SSSR count). The number of hydrogen-bond donors (Lipinski definition) is 0. The zero-order valence-corrected chi connectivity index (χ0v) is 17.1. The highest BCUT2D eigenvalue weighted by Gasteiger charge is 2.53. The minimum Gasteiger partial charge on any atom is -0.394 e. The second kappa shape index (κ2) is 9.58. The lowest BCUT2D eigenvalue weighted by Crippen LogP contribution is -2.54. The third kappa shape index (κ3) is 4.61. The van der Waals surface area contributed by atoms with Crippen molar-refractivity contribution in [3.05, 3.63) is 0 Å². The smallest absolute Gasteiger partial charge is 0.344 e. The molecule has 136 valence electrons. The van der Waals surface area contributed by atoms with Gasteiger partial charge in [0.15, 0.2) is 0 Å². The van der Waals surface area contributed by atoms with Gasteiger partial charge in [0, 0.05) is 24.3 Å². The molecule has 0 radical (unpaired) electrons. The maximum atomic E-state index is 6.62. The van der Waals surface area contributed by atoms with Gasteiger partial charge in [0.05, 0.1) is 0 Å². The third-order valence-electron chi connectivity index (χ3n) is 6.72. The maximum Gasteiger partial charge on any atom is 0.344 e. The highest BCUT2D eigenvalue weighted by molar-refractivity contribution is 6.70. The van der Waals surface area contributed by atoms with E-state index in [9.17, 15) is 0 Å². The summed E-state index contributed by atoms with van der Waals surface area (Å²) in [6.45, 7) is 10.9. The SMILES string of the molecule is CCO[Si](OCC)(C(C)C1CCCCC1)C(C)C1CCCCC1. The van der Waals surface area contributed by atoms with E-state index in [2.05, 4.69) is 27.7 Å². The summed E-state index contributed by atoms with van der Waals surface area (Å²) < 4.78 is 13.2. The van der Waals surface area contributed by atoms with Crippen molar-refractivity contribution in [1.29, 1.82) is 0 Å². The van der Waals surface area contributed by atoms with Crippen LogP contribution in [0.25, 0.3) is 0 Å². The molecular weight excluding hydrogens is 300 g/mol. The lowest BCUT2D eigenvalue weighted by molar-refractivity contribution is 0.135. The van der Waals surface area contributed by atoms with Crippen LogP contribution in [0.4, 0.5) is 0 Å². The van der Waals surface area contributed by atoms with Gasteiger partial charge >= 0.3 is 8.56 Å². The van der Waals surface area contributed by atoms with Gasteiger partial charge < -0.3 is 8.85 Å². The van der Waals surface area contributed by atoms with Crippen LogP contribution in [0.1, 0.15) is 91.9 Å². The Bertz CT molecular complexity index is 290. The second-order valence-electron chi connectivity index (χ2n) is 7.96. The van der Waals surface area contributed by atoms with Crippen molar-refractivity contribution in [2.45, 2.75) is 103 Å². The summed E-state index contributed by atoms with van der Waals surface area (Å²) in [5.41, 5.74) is 1.28. The van der Waals surface area contributed by atoms with Crippen LogP contribution in [0.5, 0.6) is 0 Å². The fourth-order valence-corrected chi connectivity index (χ4v) is 10.2. The quantitative estimate of drug-likeness (QED) is 0.473. The summed E-state index contributed by atoms with van der Waals surface area (Å²) in [6.07, 6.45) is 14.1. The average Bonchev–Trinajstić information content (AvgIpc) is 2.61. The van der Waals surface area contributed by atoms with Crippen LogP contribution < -0.4 is 0 Å². The van der Waals surface area contributed by atoms with E-state index in [0.29, 0.717) is 11.1 Å². The van der Waals surface area contributed by atoms with Gasteiger partial charge in [-0.05, 0) is 25.7 Å². The molecule has 0 amide bonds. The fourth-order valence-electron chi connectivity index (χ4n) is 5.36. The minimum absolute atomic E-state index is 0.639. The van der Waals surface area contributed by atoms with Crippen molar-refractivity contribution in [1.82, 2.24) is 0 Å². The summed E-state index contributed by atoms with van der Waals surface area (Å²) >= 11 is 0. The number of rotatable bonds is 8. The van der Waals surface area contributed by atoms with Crippen molar-refractivity contribution in [2.75, 3.05) is 13.2 Å². The fraction of sp³-hybridized carbons (Fsp3) is 1.00. The Labute approximate surface area is 146 Å². The van der Waals surface area contributed by atoms with Gasteiger partial charge in [0.1, 0.15) is 0 Å². The van der Waals surface area contributed by atoms with E-state index in [1.54, 1.807) is 0 Å². The predicted molar refractivity (Wildman–Crippen MR) is 101 cm³/mol. The lowest BCUT2D eigenvalue weighted by atomic mass is 9.87. The van der Waals surface area contributed by atoms with Crippen LogP contribution in [0.15, 0.2) is 0 Å². The lowest BCUT2D eigenvalue weighted by Gasteiger charge is -2.46. The molecule has 2 saturated carbocycles. The highest BCUT2D eigenvalue weighted by Crippen LogP contribution is 2.49. The van der Waals surface area contributed by atoms with Crippen LogP contribution in [-0.2, 0) is 8.85 Å². The molecule has 0 spiro atoms. The molecule has 0 heterocycles. The Morgan fingerprint density at radius 2 is 1.04 bits per heavy atom. The third-order valence-corrected chi connectivity index (χ3v) is 11.7. The van der Waals surface area contributed by atoms with E-state index in [1.807, 2.05) is 0 Å². The molecule has 0 N–H and O–H groups in total. The van der Waals surface area contributed by atoms with Crippen LogP contribution in [0.2, 0.25) is 11.1 Å². The topological polar surface area (TPSA) is 18.5 Å². The Morgan fingerprint density at radius 3 is 1.35 bits per heavy atom. The zero-order valence-electron chi connectivity index (χ0n) is 16.1. The second-order valence-corrected chi connectivity index (χ2v) is 11.8. The molecule has 0 saturated heterocycles. The first-order chi connectivity index (χ1) is 11.2. The van der Waals surface area contributed by atoms with Gasteiger partial charge in [-0.2, -0.15) is 0 Å². The van der Waals surface area contributed by atoms with Crippen LogP contribution in [-0.4, -0.2) is 21.8 Å². The molecular formula is C20H40O2Si. The minimum atomic E-state index is -2.18. The van der Waals surface area contributed by atoms with Gasteiger partial charge in [0.25, 0.3) is 0 Å². The zero-order chi connectivity index (χ0) is 16.7. The number of hydrogen-bond acceptors (Lipinski definition) is 2. The Hall–Kier alpha value is 0.137. The summed E-state index contributed by atoms with van der Waals surface area (Å²) in [6, 6.07) is 0. The molecule has 0 bridgehead atoms. The maximum absolute atomic E-state index is 6.62. The van der Waals surface area contributed by atoms with Crippen molar-refractivity contribution in [2.24, 2.45) is 11.8 Å². The van der Waals surface area contributed by atoms with Crippen LogP contribution >= 0.6 is 0 Å². The Balaban J connectivity index is 2.20. The molecule has 2 fully saturated rings. The summed E-state index contributed by atoms with van der Waals surface area (Å²) in [7, 11) is -2.18. The van der Waals surface area contributed by atoms with Gasteiger partial charge in [-0.15, -0.1) is 0 Å². The van der Waals surface area contributed by atoms with Crippen molar-refractivity contribution in [3.8, 4) is 0 Å². The van der Waals surface area contributed by atoms with Crippen LogP contribution in [0, 0.1) is 11.8 Å². The molecule has 2 atom stereocenters. The van der Waals surface area contributed by atoms with E-state index in [1.165, 1.54) is 64.2 Å². The van der Waals surface area contributed by atoms with Crippen LogP contribution in [0.3, 0.4) is 0 Å². The average molecular weight is 341 g/mol. The highest BCUT2D eigenvalue weighted by atomic mass is 28.4. The molecule has 0 aromatic rings.